The van der Waals surface area contributed by atoms with Crippen LogP contribution in [0.25, 0.3) is 5.13 Å². The van der Waals surface area contributed by atoms with Crippen molar-refractivity contribution in [3.63, 3.8) is 0 Å². The van der Waals surface area contributed by atoms with Crippen LogP contribution in [0.2, 0.25) is 0 Å². The van der Waals surface area contributed by atoms with E-state index in [0.29, 0.717) is 17.4 Å². The van der Waals surface area contributed by atoms with Crippen molar-refractivity contribution < 1.29 is 4.79 Å². The van der Waals surface area contributed by atoms with Crippen LogP contribution in [0.3, 0.4) is 0 Å². The predicted molar refractivity (Wildman–Crippen MR) is 106 cm³/mol. The lowest BCUT2D eigenvalue weighted by molar-refractivity contribution is 0.0944. The van der Waals surface area contributed by atoms with Crippen molar-refractivity contribution in [2.45, 2.75) is 19.4 Å². The van der Waals surface area contributed by atoms with Gasteiger partial charge in [-0.15, -0.1) is 10.2 Å². The molecule has 1 aromatic carbocycles. The lowest BCUT2D eigenvalue weighted by atomic mass is 10.2. The van der Waals surface area contributed by atoms with Crippen LogP contribution in [0, 0.1) is 0 Å². The van der Waals surface area contributed by atoms with Crippen molar-refractivity contribution in [3.05, 3.63) is 58.3 Å². The Labute approximate surface area is 164 Å². The normalized spacial score (nSPS) is 14.0. The molecule has 3 heterocycles. The number of hydrogen-bond donors (Lipinski definition) is 1. The van der Waals surface area contributed by atoms with E-state index in [9.17, 15) is 4.79 Å². The van der Waals surface area contributed by atoms with Gasteiger partial charge in [-0.2, -0.15) is 0 Å². The number of carbonyl (C=O) groups excluding carboxylic acids is 1. The maximum absolute atomic E-state index is 12.6. The van der Waals surface area contributed by atoms with Crippen molar-refractivity contribution in [2.24, 2.45) is 0 Å². The number of hydrogen-bond acceptors (Lipinski definition) is 5. The summed E-state index contributed by atoms with van der Waals surface area (Å²) >= 11 is 4.96. The van der Waals surface area contributed by atoms with Gasteiger partial charge in [-0.1, -0.05) is 39.4 Å². The fourth-order valence-electron chi connectivity index (χ4n) is 2.99. The smallest absolute Gasteiger partial charge is 0.268 e. The van der Waals surface area contributed by atoms with E-state index in [2.05, 4.69) is 36.3 Å². The summed E-state index contributed by atoms with van der Waals surface area (Å²) in [6, 6.07) is 11.5. The second-order valence-electron chi connectivity index (χ2n) is 6.14. The Morgan fingerprint density at radius 2 is 1.96 bits per heavy atom. The molecule has 1 aliphatic rings. The zero-order valence-electron chi connectivity index (χ0n) is 14.1. The lowest BCUT2D eigenvalue weighted by Gasteiger charge is -2.11. The molecule has 1 N–H and O–H groups in total. The minimum Gasteiger partial charge on any atom is -0.347 e. The highest BCUT2D eigenvalue weighted by Gasteiger charge is 2.19. The summed E-state index contributed by atoms with van der Waals surface area (Å²) in [5.41, 5.74) is 1.60. The number of aromatic nitrogens is 3. The average molecular weight is 432 g/mol. The van der Waals surface area contributed by atoms with Gasteiger partial charge in [0.2, 0.25) is 10.3 Å². The van der Waals surface area contributed by atoms with E-state index >= 15 is 0 Å². The van der Waals surface area contributed by atoms with E-state index in [4.69, 9.17) is 0 Å². The van der Waals surface area contributed by atoms with E-state index in [1.807, 2.05) is 36.5 Å². The van der Waals surface area contributed by atoms with Crippen molar-refractivity contribution in [1.82, 2.24) is 20.1 Å². The summed E-state index contributed by atoms with van der Waals surface area (Å²) in [5.74, 6) is -0.132. The first-order valence-electron chi connectivity index (χ1n) is 8.49. The summed E-state index contributed by atoms with van der Waals surface area (Å²) in [5, 5.41) is 13.2. The maximum Gasteiger partial charge on any atom is 0.268 e. The highest BCUT2D eigenvalue weighted by Crippen LogP contribution is 2.27. The van der Waals surface area contributed by atoms with Gasteiger partial charge in [-0.05, 0) is 42.7 Å². The third kappa shape index (κ3) is 3.66. The summed E-state index contributed by atoms with van der Waals surface area (Å²) in [4.78, 5) is 14.9. The molecule has 4 rings (SSSR count). The van der Waals surface area contributed by atoms with Gasteiger partial charge in [0, 0.05) is 30.3 Å². The Morgan fingerprint density at radius 3 is 2.77 bits per heavy atom. The van der Waals surface area contributed by atoms with E-state index in [1.165, 1.54) is 24.2 Å². The SMILES string of the molecule is O=C(NCc1cccc(Br)c1)c1cccn1-c1nnc(N2CCCC2)s1. The molecule has 6 nitrogen and oxygen atoms in total. The number of nitrogens with zero attached hydrogens (tertiary/aromatic N) is 4. The van der Waals surface area contributed by atoms with Gasteiger partial charge in [0.05, 0.1) is 0 Å². The first-order valence-corrected chi connectivity index (χ1v) is 10.1. The van der Waals surface area contributed by atoms with Crippen LogP contribution in [0.1, 0.15) is 28.9 Å². The van der Waals surface area contributed by atoms with E-state index < -0.39 is 0 Å². The molecule has 1 amide bonds. The third-order valence-electron chi connectivity index (χ3n) is 4.31. The van der Waals surface area contributed by atoms with Crippen LogP contribution >= 0.6 is 27.3 Å². The van der Waals surface area contributed by atoms with Gasteiger partial charge < -0.3 is 10.2 Å². The first kappa shape index (κ1) is 17.2. The van der Waals surface area contributed by atoms with Crippen LogP contribution in [0.5, 0.6) is 0 Å². The number of benzene rings is 1. The van der Waals surface area contributed by atoms with E-state index in [1.54, 1.807) is 10.6 Å². The molecule has 3 aromatic rings. The largest absolute Gasteiger partial charge is 0.347 e. The van der Waals surface area contributed by atoms with Crippen molar-refractivity contribution in [1.29, 1.82) is 0 Å². The number of nitrogens with one attached hydrogen (secondary N) is 1. The van der Waals surface area contributed by atoms with Gasteiger partial charge in [0.25, 0.3) is 5.91 Å². The molecule has 0 saturated carbocycles. The Morgan fingerprint density at radius 1 is 1.15 bits per heavy atom. The molecule has 1 aliphatic heterocycles. The fraction of sp³-hybridized carbons (Fsp3) is 0.278. The molecular weight excluding hydrogens is 414 g/mol. The average Bonchev–Trinajstić information content (AvgIpc) is 3.39. The lowest BCUT2D eigenvalue weighted by Crippen LogP contribution is -2.25. The molecule has 1 saturated heterocycles. The maximum atomic E-state index is 12.6. The van der Waals surface area contributed by atoms with Crippen LogP contribution in [-0.4, -0.2) is 33.8 Å². The molecule has 1 fully saturated rings. The van der Waals surface area contributed by atoms with Gasteiger partial charge in [0.15, 0.2) is 0 Å². The molecule has 26 heavy (non-hydrogen) atoms. The fourth-order valence-corrected chi connectivity index (χ4v) is 4.34. The quantitative estimate of drug-likeness (QED) is 0.669. The van der Waals surface area contributed by atoms with E-state index in [-0.39, 0.29) is 5.91 Å². The topological polar surface area (TPSA) is 63.1 Å². The molecule has 0 bridgehead atoms. The van der Waals surface area contributed by atoms with Gasteiger partial charge in [-0.25, -0.2) is 0 Å². The zero-order valence-corrected chi connectivity index (χ0v) is 16.5. The molecule has 0 spiro atoms. The van der Waals surface area contributed by atoms with Gasteiger partial charge in [-0.3, -0.25) is 9.36 Å². The van der Waals surface area contributed by atoms with E-state index in [0.717, 1.165) is 28.3 Å². The van der Waals surface area contributed by atoms with Gasteiger partial charge >= 0.3 is 0 Å². The molecule has 0 radical (unpaired) electrons. The van der Waals surface area contributed by atoms with Crippen LogP contribution in [0.15, 0.2) is 47.1 Å². The minimum absolute atomic E-state index is 0.132. The second kappa shape index (κ2) is 7.59. The molecule has 2 aromatic heterocycles. The van der Waals surface area contributed by atoms with Crippen LogP contribution < -0.4 is 10.2 Å². The van der Waals surface area contributed by atoms with Crippen LogP contribution in [0.4, 0.5) is 5.13 Å². The summed E-state index contributed by atoms with van der Waals surface area (Å²) in [7, 11) is 0. The van der Waals surface area contributed by atoms with Gasteiger partial charge in [0.1, 0.15) is 5.69 Å². The monoisotopic (exact) mass is 431 g/mol. The molecule has 134 valence electrons. The Kier molecular flexibility index (Phi) is 5.03. The predicted octanol–water partition coefficient (Wildman–Crippen LogP) is 3.62. The minimum atomic E-state index is -0.132. The number of carbonyl (C=O) groups is 1. The summed E-state index contributed by atoms with van der Waals surface area (Å²) in [6.07, 6.45) is 4.24. The van der Waals surface area contributed by atoms with Crippen molar-refractivity contribution in [2.75, 3.05) is 18.0 Å². The summed E-state index contributed by atoms with van der Waals surface area (Å²) < 4.78 is 2.80. The molecule has 8 heteroatoms. The number of rotatable bonds is 5. The zero-order chi connectivity index (χ0) is 17.9. The molecule has 0 aliphatic carbocycles. The highest BCUT2D eigenvalue weighted by atomic mass is 79.9. The Balaban J connectivity index is 1.48. The number of amides is 1. The number of halogens is 1. The number of anilines is 1. The Hall–Kier alpha value is -2.19. The third-order valence-corrected chi connectivity index (χ3v) is 5.79. The molecule has 0 unspecified atom stereocenters. The molecular formula is C18H18BrN5OS. The van der Waals surface area contributed by atoms with Crippen LogP contribution in [-0.2, 0) is 6.54 Å². The van der Waals surface area contributed by atoms with Crippen molar-refractivity contribution >= 4 is 38.3 Å². The molecule has 0 atom stereocenters. The summed E-state index contributed by atoms with van der Waals surface area (Å²) in [6.45, 7) is 2.53. The second-order valence-corrected chi connectivity index (χ2v) is 7.99. The Bertz CT molecular complexity index is 916. The van der Waals surface area contributed by atoms with Crippen molar-refractivity contribution in [3.8, 4) is 5.13 Å². The first-order chi connectivity index (χ1) is 12.7. The highest BCUT2D eigenvalue weighted by molar-refractivity contribution is 9.10. The standard InChI is InChI=1S/C18H18BrN5OS/c19-14-6-3-5-13(11-14)12-20-16(25)15-7-4-10-24(15)18-22-21-17(26-18)23-8-1-2-9-23/h3-7,10-11H,1-2,8-9,12H2,(H,20,25).